The van der Waals surface area contributed by atoms with Gasteiger partial charge in [-0.3, -0.25) is 4.79 Å². The SMILES string of the molecule is O=C(COc1ccccc1)N=C1S[C@@H]2CS(=O)(=O)C[C@@H]2N1c1ccc(Cl)cc1Cl. The normalized spacial score (nSPS) is 23.9. The molecule has 0 N–H and O–H groups in total. The van der Waals surface area contributed by atoms with Crippen molar-refractivity contribution in [2.24, 2.45) is 4.99 Å². The first-order valence-electron chi connectivity index (χ1n) is 8.73. The van der Waals surface area contributed by atoms with E-state index in [1.807, 2.05) is 18.2 Å². The fourth-order valence-electron chi connectivity index (χ4n) is 3.32. The van der Waals surface area contributed by atoms with Gasteiger partial charge in [0.05, 0.1) is 28.3 Å². The quantitative estimate of drug-likeness (QED) is 0.678. The fourth-order valence-corrected chi connectivity index (χ4v) is 7.75. The topological polar surface area (TPSA) is 76.0 Å². The average molecular weight is 471 g/mol. The summed E-state index contributed by atoms with van der Waals surface area (Å²) in [5, 5.41) is 1.03. The number of fused-ring (bicyclic) bond motifs is 1. The van der Waals surface area contributed by atoms with Crippen molar-refractivity contribution in [3.05, 3.63) is 58.6 Å². The summed E-state index contributed by atoms with van der Waals surface area (Å²) >= 11 is 13.6. The molecule has 2 aromatic rings. The van der Waals surface area contributed by atoms with Crippen molar-refractivity contribution in [1.82, 2.24) is 0 Å². The molecule has 0 bridgehead atoms. The second kappa shape index (κ2) is 8.18. The molecule has 2 aromatic carbocycles. The van der Waals surface area contributed by atoms with E-state index in [9.17, 15) is 13.2 Å². The third kappa shape index (κ3) is 4.55. The number of carbonyl (C=O) groups is 1. The summed E-state index contributed by atoms with van der Waals surface area (Å²) in [6.45, 7) is -0.218. The van der Waals surface area contributed by atoms with Crippen molar-refractivity contribution >= 4 is 61.6 Å². The summed E-state index contributed by atoms with van der Waals surface area (Å²) in [5.74, 6) is 0.129. The number of sulfone groups is 1. The van der Waals surface area contributed by atoms with E-state index in [2.05, 4.69) is 4.99 Å². The van der Waals surface area contributed by atoms with Gasteiger partial charge in [-0.1, -0.05) is 53.2 Å². The van der Waals surface area contributed by atoms with Crippen LogP contribution in [0.5, 0.6) is 5.75 Å². The lowest BCUT2D eigenvalue weighted by Gasteiger charge is -2.25. The highest BCUT2D eigenvalue weighted by atomic mass is 35.5. The number of rotatable bonds is 4. The highest BCUT2D eigenvalue weighted by Crippen LogP contribution is 2.43. The molecule has 2 fully saturated rings. The first kappa shape index (κ1) is 20.5. The predicted octanol–water partition coefficient (Wildman–Crippen LogP) is 3.67. The van der Waals surface area contributed by atoms with Crippen LogP contribution in [0, 0.1) is 0 Å². The number of halogens is 2. The molecule has 10 heteroatoms. The van der Waals surface area contributed by atoms with E-state index in [4.69, 9.17) is 27.9 Å². The molecular formula is C19H16Cl2N2O4S2. The van der Waals surface area contributed by atoms with Gasteiger partial charge in [0.25, 0.3) is 5.91 Å². The van der Waals surface area contributed by atoms with E-state index in [-0.39, 0.29) is 29.4 Å². The second-order valence-corrected chi connectivity index (χ2v) is 10.9. The van der Waals surface area contributed by atoms with Gasteiger partial charge >= 0.3 is 0 Å². The summed E-state index contributed by atoms with van der Waals surface area (Å²) < 4.78 is 29.7. The molecule has 0 saturated carbocycles. The van der Waals surface area contributed by atoms with Gasteiger partial charge in [0, 0.05) is 10.3 Å². The number of thioether (sulfide) groups is 1. The molecule has 2 saturated heterocycles. The van der Waals surface area contributed by atoms with Gasteiger partial charge < -0.3 is 9.64 Å². The van der Waals surface area contributed by atoms with Crippen molar-refractivity contribution in [3.8, 4) is 5.75 Å². The van der Waals surface area contributed by atoms with Gasteiger partial charge in [-0.25, -0.2) is 8.42 Å². The highest BCUT2D eigenvalue weighted by molar-refractivity contribution is 8.16. The molecule has 0 aliphatic carbocycles. The van der Waals surface area contributed by atoms with Crippen LogP contribution in [-0.4, -0.2) is 48.9 Å². The Hall–Kier alpha value is -1.74. The summed E-state index contributed by atoms with van der Waals surface area (Å²) in [6, 6.07) is 13.6. The zero-order chi connectivity index (χ0) is 20.6. The predicted molar refractivity (Wildman–Crippen MR) is 117 cm³/mol. The fraction of sp³-hybridized carbons (Fsp3) is 0.263. The van der Waals surface area contributed by atoms with Crippen LogP contribution in [0.4, 0.5) is 5.69 Å². The van der Waals surface area contributed by atoms with Crippen LogP contribution >= 0.6 is 35.0 Å². The number of ether oxygens (including phenoxy) is 1. The maximum Gasteiger partial charge on any atom is 0.285 e. The maximum absolute atomic E-state index is 12.4. The first-order chi connectivity index (χ1) is 13.8. The number of para-hydroxylation sites is 1. The van der Waals surface area contributed by atoms with Gasteiger partial charge in [-0.05, 0) is 30.3 Å². The Labute approximate surface area is 182 Å². The molecular weight excluding hydrogens is 455 g/mol. The molecule has 0 radical (unpaired) electrons. The van der Waals surface area contributed by atoms with Gasteiger partial charge in [0.1, 0.15) is 5.75 Å². The van der Waals surface area contributed by atoms with Crippen LogP contribution in [0.3, 0.4) is 0 Å². The summed E-state index contributed by atoms with van der Waals surface area (Å²) in [4.78, 5) is 18.3. The Balaban J connectivity index is 1.60. The van der Waals surface area contributed by atoms with Crippen molar-refractivity contribution in [2.75, 3.05) is 23.0 Å². The van der Waals surface area contributed by atoms with E-state index < -0.39 is 15.7 Å². The third-order valence-corrected chi connectivity index (χ3v) is 8.31. The highest BCUT2D eigenvalue weighted by Gasteiger charge is 2.49. The lowest BCUT2D eigenvalue weighted by molar-refractivity contribution is -0.119. The Morgan fingerprint density at radius 2 is 1.93 bits per heavy atom. The average Bonchev–Trinajstić information content (AvgIpc) is 3.12. The molecule has 6 nitrogen and oxygen atoms in total. The number of nitrogens with zero attached hydrogens (tertiary/aromatic N) is 2. The molecule has 29 heavy (non-hydrogen) atoms. The van der Waals surface area contributed by atoms with E-state index in [1.165, 1.54) is 11.8 Å². The number of amidine groups is 1. The number of hydrogen-bond donors (Lipinski definition) is 0. The van der Waals surface area contributed by atoms with Crippen LogP contribution in [0.15, 0.2) is 53.5 Å². The zero-order valence-electron chi connectivity index (χ0n) is 15.0. The molecule has 0 spiro atoms. The molecule has 2 atom stereocenters. The van der Waals surface area contributed by atoms with Gasteiger partial charge in [0.15, 0.2) is 21.6 Å². The zero-order valence-corrected chi connectivity index (χ0v) is 18.1. The lowest BCUT2D eigenvalue weighted by atomic mass is 10.2. The second-order valence-electron chi connectivity index (χ2n) is 6.66. The monoisotopic (exact) mass is 470 g/mol. The molecule has 1 amide bonds. The molecule has 0 aromatic heterocycles. The minimum Gasteiger partial charge on any atom is -0.484 e. The molecule has 152 valence electrons. The standard InChI is InChI=1S/C19H16Cl2N2O4S2/c20-12-6-7-15(14(21)8-12)23-16-10-29(25,26)11-17(16)28-19(23)22-18(24)9-27-13-4-2-1-3-5-13/h1-8,16-17H,9-11H2/t16-,17+/m0/s1. The van der Waals surface area contributed by atoms with Crippen LogP contribution < -0.4 is 9.64 Å². The van der Waals surface area contributed by atoms with Crippen molar-refractivity contribution in [2.45, 2.75) is 11.3 Å². The Kier molecular flexibility index (Phi) is 5.79. The van der Waals surface area contributed by atoms with Crippen LogP contribution in [-0.2, 0) is 14.6 Å². The van der Waals surface area contributed by atoms with Gasteiger partial charge in [-0.15, -0.1) is 0 Å². The molecule has 4 rings (SSSR count). The van der Waals surface area contributed by atoms with E-state index in [0.29, 0.717) is 26.6 Å². The van der Waals surface area contributed by atoms with Crippen LogP contribution in [0.25, 0.3) is 0 Å². The van der Waals surface area contributed by atoms with Crippen LogP contribution in [0.1, 0.15) is 0 Å². The van der Waals surface area contributed by atoms with Crippen molar-refractivity contribution < 1.29 is 17.9 Å². The number of carbonyl (C=O) groups excluding carboxylic acids is 1. The summed E-state index contributed by atoms with van der Waals surface area (Å²) in [6.07, 6.45) is 0. The van der Waals surface area contributed by atoms with Gasteiger partial charge in [-0.2, -0.15) is 4.99 Å². The summed E-state index contributed by atoms with van der Waals surface area (Å²) in [7, 11) is -3.16. The number of benzene rings is 2. The van der Waals surface area contributed by atoms with E-state index in [0.717, 1.165) is 0 Å². The Morgan fingerprint density at radius 1 is 1.17 bits per heavy atom. The maximum atomic E-state index is 12.4. The molecule has 2 aliphatic heterocycles. The minimum atomic E-state index is -3.16. The smallest absolute Gasteiger partial charge is 0.285 e. The van der Waals surface area contributed by atoms with E-state index >= 15 is 0 Å². The Bertz CT molecular complexity index is 1080. The number of hydrogen-bond acceptors (Lipinski definition) is 5. The molecule has 2 heterocycles. The number of anilines is 1. The van der Waals surface area contributed by atoms with E-state index in [1.54, 1.807) is 35.2 Å². The molecule has 0 unspecified atom stereocenters. The molecule has 2 aliphatic rings. The summed E-state index contributed by atoms with van der Waals surface area (Å²) in [5.41, 5.74) is 0.573. The lowest BCUT2D eigenvalue weighted by Crippen LogP contribution is -2.38. The first-order valence-corrected chi connectivity index (χ1v) is 12.2. The number of aliphatic imine (C=N–C) groups is 1. The minimum absolute atomic E-state index is 0.0165. The van der Waals surface area contributed by atoms with Crippen LogP contribution in [0.2, 0.25) is 10.0 Å². The van der Waals surface area contributed by atoms with Gasteiger partial charge in [0.2, 0.25) is 0 Å². The van der Waals surface area contributed by atoms with Crippen molar-refractivity contribution in [1.29, 1.82) is 0 Å². The van der Waals surface area contributed by atoms with Crippen molar-refractivity contribution in [3.63, 3.8) is 0 Å². The largest absolute Gasteiger partial charge is 0.484 e. The number of amides is 1. The Morgan fingerprint density at radius 3 is 2.66 bits per heavy atom. The third-order valence-electron chi connectivity index (χ3n) is 4.56.